The van der Waals surface area contributed by atoms with Crippen molar-refractivity contribution >= 4 is 0 Å². The average molecular weight is 266 g/mol. The molecule has 0 heterocycles. The summed E-state index contributed by atoms with van der Waals surface area (Å²) in [4.78, 5) is 0. The highest BCUT2D eigenvalue weighted by molar-refractivity contribution is 4.84. The number of rotatable bonds is 4. The maximum absolute atomic E-state index is 6.31. The molecule has 0 amide bonds. The maximum Gasteiger partial charge on any atom is 0.00696 e. The molecule has 6 atom stereocenters. The van der Waals surface area contributed by atoms with Crippen LogP contribution in [0.25, 0.3) is 0 Å². The Morgan fingerprint density at radius 1 is 0.842 bits per heavy atom. The third-order valence-corrected chi connectivity index (χ3v) is 6.03. The third kappa shape index (κ3) is 4.19. The monoisotopic (exact) mass is 266 g/mol. The van der Waals surface area contributed by atoms with Crippen LogP contribution in [-0.4, -0.2) is 12.1 Å². The summed E-state index contributed by atoms with van der Waals surface area (Å²) in [6, 6.07) is 0.925. The molecule has 0 aromatic carbocycles. The largest absolute Gasteiger partial charge is 0.327 e. The Balaban J connectivity index is 1.69. The van der Waals surface area contributed by atoms with Crippen molar-refractivity contribution in [1.82, 2.24) is 0 Å². The highest BCUT2D eigenvalue weighted by Crippen LogP contribution is 2.36. The molecule has 4 N–H and O–H groups in total. The van der Waals surface area contributed by atoms with Crippen LogP contribution in [0.3, 0.4) is 0 Å². The Labute approximate surface area is 119 Å². The first-order chi connectivity index (χ1) is 9.10. The van der Waals surface area contributed by atoms with Crippen LogP contribution in [-0.2, 0) is 0 Å². The molecule has 2 fully saturated rings. The van der Waals surface area contributed by atoms with Crippen molar-refractivity contribution < 1.29 is 0 Å². The van der Waals surface area contributed by atoms with Crippen LogP contribution in [0.1, 0.15) is 71.6 Å². The molecule has 2 aliphatic carbocycles. The molecule has 0 aromatic heterocycles. The normalized spacial score (nSPS) is 44.2. The van der Waals surface area contributed by atoms with Gasteiger partial charge in [0.05, 0.1) is 0 Å². The average Bonchev–Trinajstić information content (AvgIpc) is 2.40. The first-order valence-corrected chi connectivity index (χ1v) is 8.61. The molecule has 2 heteroatoms. The van der Waals surface area contributed by atoms with Crippen molar-refractivity contribution in [2.75, 3.05) is 0 Å². The van der Waals surface area contributed by atoms with Crippen molar-refractivity contribution in [2.24, 2.45) is 35.1 Å². The van der Waals surface area contributed by atoms with E-state index in [2.05, 4.69) is 13.8 Å². The van der Waals surface area contributed by atoms with Gasteiger partial charge in [-0.3, -0.25) is 0 Å². The van der Waals surface area contributed by atoms with Crippen molar-refractivity contribution in [1.29, 1.82) is 0 Å². The van der Waals surface area contributed by atoms with E-state index < -0.39 is 0 Å². The molecule has 2 aliphatic rings. The molecule has 2 rings (SSSR count). The van der Waals surface area contributed by atoms with E-state index in [0.717, 1.165) is 23.7 Å². The lowest BCUT2D eigenvalue weighted by molar-refractivity contribution is 0.191. The highest BCUT2D eigenvalue weighted by Gasteiger charge is 2.29. The SMILES string of the molecule is CCC1CCC(CCC2CCC(C)[C@@H](N)C2)CC1N. The standard InChI is InChI=1S/C17H34N2/c1-3-15-9-8-14(11-17(15)19)7-6-13-5-4-12(2)16(18)10-13/h12-17H,3-11,18-19H2,1-2H3/t12?,13?,14?,15?,16-,17?/m0/s1. The summed E-state index contributed by atoms with van der Waals surface area (Å²) in [7, 11) is 0. The molecule has 2 saturated carbocycles. The van der Waals surface area contributed by atoms with Crippen molar-refractivity contribution in [3.8, 4) is 0 Å². The van der Waals surface area contributed by atoms with Gasteiger partial charge >= 0.3 is 0 Å². The Morgan fingerprint density at radius 2 is 1.42 bits per heavy atom. The molecular weight excluding hydrogens is 232 g/mol. The Kier molecular flexibility index (Phi) is 5.70. The van der Waals surface area contributed by atoms with Crippen molar-refractivity contribution in [2.45, 2.75) is 83.7 Å². The molecule has 5 unspecified atom stereocenters. The molecule has 2 nitrogen and oxygen atoms in total. The second kappa shape index (κ2) is 7.08. The molecule has 0 spiro atoms. The molecule has 0 saturated heterocycles. The van der Waals surface area contributed by atoms with Gasteiger partial charge in [-0.1, -0.05) is 46.0 Å². The predicted octanol–water partition coefficient (Wildman–Crippen LogP) is 3.68. The number of hydrogen-bond acceptors (Lipinski definition) is 2. The van der Waals surface area contributed by atoms with Gasteiger partial charge in [0, 0.05) is 12.1 Å². The van der Waals surface area contributed by atoms with Gasteiger partial charge < -0.3 is 11.5 Å². The second-order valence-electron chi connectivity index (χ2n) is 7.41. The van der Waals surface area contributed by atoms with E-state index in [1.165, 1.54) is 57.8 Å². The molecule has 0 aromatic rings. The predicted molar refractivity (Wildman–Crippen MR) is 82.8 cm³/mol. The van der Waals surface area contributed by atoms with Crippen LogP contribution >= 0.6 is 0 Å². The van der Waals surface area contributed by atoms with Crippen LogP contribution in [0, 0.1) is 23.7 Å². The van der Waals surface area contributed by atoms with Crippen molar-refractivity contribution in [3.63, 3.8) is 0 Å². The summed E-state index contributed by atoms with van der Waals surface area (Å²) in [5.74, 6) is 3.32. The second-order valence-corrected chi connectivity index (χ2v) is 7.41. The first-order valence-electron chi connectivity index (χ1n) is 8.61. The van der Waals surface area contributed by atoms with Crippen LogP contribution in [0.2, 0.25) is 0 Å². The van der Waals surface area contributed by atoms with Crippen LogP contribution < -0.4 is 11.5 Å². The Bertz CT molecular complexity index is 266. The van der Waals surface area contributed by atoms with Gasteiger partial charge in [0.25, 0.3) is 0 Å². The maximum atomic E-state index is 6.31. The first kappa shape index (κ1) is 15.3. The zero-order chi connectivity index (χ0) is 13.8. The lowest BCUT2D eigenvalue weighted by atomic mass is 9.73. The molecule has 0 radical (unpaired) electrons. The van der Waals surface area contributed by atoms with E-state index in [1.54, 1.807) is 0 Å². The summed E-state index contributed by atoms with van der Waals surface area (Å²) < 4.78 is 0. The molecule has 0 aliphatic heterocycles. The van der Waals surface area contributed by atoms with Crippen molar-refractivity contribution in [3.05, 3.63) is 0 Å². The quantitative estimate of drug-likeness (QED) is 0.815. The molecular formula is C17H34N2. The summed E-state index contributed by atoms with van der Waals surface area (Å²) in [5, 5.41) is 0. The van der Waals surface area contributed by atoms with E-state index in [1.807, 2.05) is 0 Å². The summed E-state index contributed by atoms with van der Waals surface area (Å²) in [6.45, 7) is 4.60. The van der Waals surface area contributed by atoms with E-state index in [-0.39, 0.29) is 0 Å². The fourth-order valence-corrected chi connectivity index (χ4v) is 4.31. The van der Waals surface area contributed by atoms with Gasteiger partial charge in [-0.2, -0.15) is 0 Å². The van der Waals surface area contributed by atoms with Gasteiger partial charge in [0.15, 0.2) is 0 Å². The fourth-order valence-electron chi connectivity index (χ4n) is 4.31. The Hall–Kier alpha value is -0.0800. The van der Waals surface area contributed by atoms with Gasteiger partial charge in [-0.25, -0.2) is 0 Å². The Morgan fingerprint density at radius 3 is 1.95 bits per heavy atom. The van der Waals surface area contributed by atoms with Gasteiger partial charge in [-0.15, -0.1) is 0 Å². The number of nitrogens with two attached hydrogens (primary N) is 2. The number of hydrogen-bond donors (Lipinski definition) is 2. The third-order valence-electron chi connectivity index (χ3n) is 6.03. The highest BCUT2D eigenvalue weighted by atomic mass is 14.7. The minimum Gasteiger partial charge on any atom is -0.327 e. The van der Waals surface area contributed by atoms with Gasteiger partial charge in [0.1, 0.15) is 0 Å². The zero-order valence-electron chi connectivity index (χ0n) is 13.0. The van der Waals surface area contributed by atoms with E-state index in [4.69, 9.17) is 11.5 Å². The molecule has 19 heavy (non-hydrogen) atoms. The lowest BCUT2D eigenvalue weighted by Crippen LogP contribution is -2.37. The topological polar surface area (TPSA) is 52.0 Å². The fraction of sp³-hybridized carbons (Fsp3) is 1.00. The van der Waals surface area contributed by atoms with Crippen LogP contribution in [0.15, 0.2) is 0 Å². The zero-order valence-corrected chi connectivity index (χ0v) is 13.0. The van der Waals surface area contributed by atoms with Crippen LogP contribution in [0.4, 0.5) is 0 Å². The smallest absolute Gasteiger partial charge is 0.00696 e. The summed E-state index contributed by atoms with van der Waals surface area (Å²) in [5.41, 5.74) is 12.5. The van der Waals surface area contributed by atoms with Gasteiger partial charge in [0.2, 0.25) is 0 Å². The van der Waals surface area contributed by atoms with E-state index in [9.17, 15) is 0 Å². The van der Waals surface area contributed by atoms with Crippen LogP contribution in [0.5, 0.6) is 0 Å². The molecule has 112 valence electrons. The lowest BCUT2D eigenvalue weighted by Gasteiger charge is -2.36. The summed E-state index contributed by atoms with van der Waals surface area (Å²) in [6.07, 6.45) is 12.1. The minimum atomic E-state index is 0.455. The minimum absolute atomic E-state index is 0.455. The summed E-state index contributed by atoms with van der Waals surface area (Å²) >= 11 is 0. The molecule has 0 bridgehead atoms. The van der Waals surface area contributed by atoms with Gasteiger partial charge in [-0.05, 0) is 49.4 Å². The van der Waals surface area contributed by atoms with E-state index in [0.29, 0.717) is 12.1 Å². The van der Waals surface area contributed by atoms with E-state index >= 15 is 0 Å².